The van der Waals surface area contributed by atoms with E-state index in [1.807, 2.05) is 4.57 Å². The summed E-state index contributed by atoms with van der Waals surface area (Å²) < 4.78 is 2.24. The van der Waals surface area contributed by atoms with Crippen LogP contribution >= 0.6 is 43.6 Å². The van der Waals surface area contributed by atoms with E-state index in [9.17, 15) is 4.79 Å². The van der Waals surface area contributed by atoms with Gasteiger partial charge in [-0.25, -0.2) is 0 Å². The number of aromatic nitrogens is 2. The van der Waals surface area contributed by atoms with Crippen LogP contribution in [0.4, 0.5) is 5.82 Å². The van der Waals surface area contributed by atoms with Crippen molar-refractivity contribution < 1.29 is 0 Å². The van der Waals surface area contributed by atoms with E-state index in [1.165, 1.54) is 0 Å². The van der Waals surface area contributed by atoms with Crippen molar-refractivity contribution >= 4 is 49.4 Å². The predicted molar refractivity (Wildman–Crippen MR) is 68.7 cm³/mol. The summed E-state index contributed by atoms with van der Waals surface area (Å²) in [5.41, 5.74) is 5.56. The van der Waals surface area contributed by atoms with Crippen molar-refractivity contribution in [1.82, 2.24) is 9.55 Å². The molecule has 15 heavy (non-hydrogen) atoms. The van der Waals surface area contributed by atoms with Gasteiger partial charge in [-0.05, 0) is 22.9 Å². The Kier molecular flexibility index (Phi) is 2.89. The number of alkyl halides is 1. The maximum absolute atomic E-state index is 11.4. The van der Waals surface area contributed by atoms with E-state index in [0.29, 0.717) is 15.4 Å². The van der Waals surface area contributed by atoms with Crippen LogP contribution in [0.1, 0.15) is 6.92 Å². The van der Waals surface area contributed by atoms with Gasteiger partial charge in [0.15, 0.2) is 5.16 Å². The lowest BCUT2D eigenvalue weighted by Gasteiger charge is -2.17. The molecular weight excluding hydrogens is 346 g/mol. The number of nitrogens with zero attached hydrogens (tertiary/aromatic N) is 2. The summed E-state index contributed by atoms with van der Waals surface area (Å²) in [6.07, 6.45) is 0. The van der Waals surface area contributed by atoms with Crippen molar-refractivity contribution in [1.29, 1.82) is 0 Å². The minimum absolute atomic E-state index is 0.0152. The first-order valence-electron chi connectivity index (χ1n) is 4.28. The first-order valence-corrected chi connectivity index (χ1v) is 7.01. The minimum atomic E-state index is -0.301. The van der Waals surface area contributed by atoms with E-state index in [4.69, 9.17) is 5.73 Å². The van der Waals surface area contributed by atoms with Gasteiger partial charge in [-0.1, -0.05) is 27.7 Å². The minimum Gasteiger partial charge on any atom is -0.384 e. The molecule has 2 heterocycles. The first-order chi connectivity index (χ1) is 6.97. The van der Waals surface area contributed by atoms with Crippen molar-refractivity contribution in [2.24, 2.45) is 0 Å². The van der Waals surface area contributed by atoms with E-state index >= 15 is 0 Å². The smallest absolute Gasteiger partial charge is 0.290 e. The van der Waals surface area contributed by atoms with Crippen LogP contribution in [0.2, 0.25) is 0 Å². The second-order valence-corrected chi connectivity index (χ2v) is 6.58. The van der Waals surface area contributed by atoms with Gasteiger partial charge in [0.1, 0.15) is 10.3 Å². The molecule has 0 aliphatic carbocycles. The van der Waals surface area contributed by atoms with Crippen molar-refractivity contribution in [3.8, 4) is 0 Å². The van der Waals surface area contributed by atoms with Crippen molar-refractivity contribution in [2.75, 3.05) is 11.1 Å². The highest BCUT2D eigenvalue weighted by molar-refractivity contribution is 9.10. The Morgan fingerprint density at radius 2 is 2.40 bits per heavy atom. The Balaban J connectivity index is 2.57. The topological polar surface area (TPSA) is 60.9 Å². The Labute approximate surface area is 108 Å². The fraction of sp³-hybridized carbons (Fsp3) is 0.500. The molecule has 1 aromatic heterocycles. The zero-order valence-corrected chi connectivity index (χ0v) is 11.9. The third-order valence-electron chi connectivity index (χ3n) is 2.24. The second-order valence-electron chi connectivity index (χ2n) is 3.67. The molecule has 1 atom stereocenters. The molecule has 4 nitrogen and oxygen atoms in total. The summed E-state index contributed by atoms with van der Waals surface area (Å²) in [6, 6.07) is 0. The summed E-state index contributed by atoms with van der Waals surface area (Å²) >= 11 is 8.19. The van der Waals surface area contributed by atoms with E-state index < -0.39 is 0 Å². The fourth-order valence-corrected chi connectivity index (χ4v) is 3.33. The number of hydrogen-bond acceptors (Lipinski definition) is 4. The van der Waals surface area contributed by atoms with Crippen LogP contribution in [0.15, 0.2) is 14.4 Å². The van der Waals surface area contributed by atoms with Gasteiger partial charge in [0, 0.05) is 16.6 Å². The number of nitrogens with two attached hydrogens (primary N) is 1. The van der Waals surface area contributed by atoms with E-state index in [-0.39, 0.29) is 10.3 Å². The summed E-state index contributed by atoms with van der Waals surface area (Å²) in [4.78, 5) is 15.4. The van der Waals surface area contributed by atoms with Gasteiger partial charge in [0.25, 0.3) is 5.56 Å². The molecule has 0 saturated heterocycles. The monoisotopic (exact) mass is 353 g/mol. The van der Waals surface area contributed by atoms with Crippen molar-refractivity contribution in [3.63, 3.8) is 0 Å². The highest BCUT2D eigenvalue weighted by Gasteiger charge is 2.35. The molecule has 0 radical (unpaired) electrons. The zero-order chi connectivity index (χ0) is 11.2. The highest BCUT2D eigenvalue weighted by Crippen LogP contribution is 2.42. The SMILES string of the molecule is C[C@]1(CBr)Cn2c(nc(=O)c(Br)c2N)S1. The van der Waals surface area contributed by atoms with Crippen molar-refractivity contribution in [3.05, 3.63) is 14.8 Å². The maximum Gasteiger partial charge on any atom is 0.290 e. The lowest BCUT2D eigenvalue weighted by Crippen LogP contribution is -2.24. The Morgan fingerprint density at radius 1 is 1.73 bits per heavy atom. The number of nitrogen functional groups attached to an aromatic ring is 1. The molecular formula is C8H9Br2N3OS. The van der Waals surface area contributed by atoms with Crippen LogP contribution in [-0.4, -0.2) is 19.6 Å². The molecule has 0 saturated carbocycles. The molecule has 0 spiro atoms. The van der Waals surface area contributed by atoms with Crippen molar-refractivity contribution in [2.45, 2.75) is 23.4 Å². The normalized spacial score (nSPS) is 24.2. The van der Waals surface area contributed by atoms with Gasteiger partial charge in [-0.3, -0.25) is 4.79 Å². The third-order valence-corrected chi connectivity index (χ3v) is 5.86. The molecule has 2 N–H and O–H groups in total. The summed E-state index contributed by atoms with van der Waals surface area (Å²) in [5.74, 6) is 0.460. The lowest BCUT2D eigenvalue weighted by molar-refractivity contribution is 0.567. The summed E-state index contributed by atoms with van der Waals surface area (Å²) in [6.45, 7) is 2.87. The molecule has 0 aromatic carbocycles. The van der Waals surface area contributed by atoms with Gasteiger partial charge in [-0.2, -0.15) is 4.98 Å². The highest BCUT2D eigenvalue weighted by atomic mass is 79.9. The molecule has 0 amide bonds. The maximum atomic E-state index is 11.4. The molecule has 82 valence electrons. The fourth-order valence-electron chi connectivity index (χ4n) is 1.41. The van der Waals surface area contributed by atoms with Gasteiger partial charge >= 0.3 is 0 Å². The first kappa shape index (κ1) is 11.5. The number of hydrogen-bond donors (Lipinski definition) is 1. The molecule has 0 bridgehead atoms. The Hall–Kier alpha value is -0.0100. The molecule has 2 rings (SSSR count). The van der Waals surface area contributed by atoms with Crippen LogP contribution in [0, 0.1) is 0 Å². The predicted octanol–water partition coefficient (Wildman–Crippen LogP) is 1.85. The molecule has 7 heteroatoms. The summed E-state index contributed by atoms with van der Waals surface area (Å²) in [7, 11) is 0. The third kappa shape index (κ3) is 1.85. The van der Waals surface area contributed by atoms with E-state index in [2.05, 4.69) is 43.8 Å². The molecule has 0 unspecified atom stereocenters. The van der Waals surface area contributed by atoms with Crippen LogP contribution in [0.5, 0.6) is 0 Å². The van der Waals surface area contributed by atoms with Gasteiger partial charge in [0.05, 0.1) is 0 Å². The van der Waals surface area contributed by atoms with Crippen LogP contribution in [0.25, 0.3) is 0 Å². The Bertz CT molecular complexity index is 476. The molecule has 1 aliphatic heterocycles. The van der Waals surface area contributed by atoms with Gasteiger partial charge in [0.2, 0.25) is 0 Å². The molecule has 1 aliphatic rings. The number of halogens is 2. The lowest BCUT2D eigenvalue weighted by atomic mass is 10.2. The Morgan fingerprint density at radius 3 is 3.00 bits per heavy atom. The van der Waals surface area contributed by atoms with E-state index in [1.54, 1.807) is 11.8 Å². The van der Waals surface area contributed by atoms with Gasteiger partial charge in [-0.15, -0.1) is 0 Å². The van der Waals surface area contributed by atoms with E-state index in [0.717, 1.165) is 11.9 Å². The number of fused-ring (bicyclic) bond motifs is 1. The number of rotatable bonds is 1. The standard InChI is InChI=1S/C8H9Br2N3OS/c1-8(2-9)3-13-5(11)4(10)6(14)12-7(13)15-8/h2-3,11H2,1H3/t8-/m0/s1. The molecule has 1 aromatic rings. The quantitative estimate of drug-likeness (QED) is 0.617. The van der Waals surface area contributed by atoms with Gasteiger partial charge < -0.3 is 10.3 Å². The zero-order valence-electron chi connectivity index (χ0n) is 7.96. The average Bonchev–Trinajstić information content (AvgIpc) is 2.53. The number of anilines is 1. The van der Waals surface area contributed by atoms with Crippen LogP contribution in [-0.2, 0) is 6.54 Å². The molecule has 0 fully saturated rings. The second kappa shape index (κ2) is 3.78. The van der Waals surface area contributed by atoms with Crippen LogP contribution in [0.3, 0.4) is 0 Å². The largest absolute Gasteiger partial charge is 0.384 e. The summed E-state index contributed by atoms with van der Waals surface area (Å²) in [5, 5.41) is 1.53. The number of thioether (sulfide) groups is 1. The van der Waals surface area contributed by atoms with Crippen LogP contribution < -0.4 is 11.3 Å². The average molecular weight is 355 g/mol.